The first kappa shape index (κ1) is 14.7. The Morgan fingerprint density at radius 2 is 1.88 bits per heavy atom. The lowest BCUT2D eigenvalue weighted by Crippen LogP contribution is -2.37. The molecule has 1 unspecified atom stereocenters. The maximum atomic E-state index is 12.9. The highest BCUT2D eigenvalue weighted by molar-refractivity contribution is 5.90. The Morgan fingerprint density at radius 3 is 2.71 bits per heavy atom. The molecule has 0 aromatic heterocycles. The van der Waals surface area contributed by atoms with Crippen LogP contribution in [0.3, 0.4) is 0 Å². The molecule has 1 heterocycles. The van der Waals surface area contributed by atoms with E-state index in [0.717, 1.165) is 27.6 Å². The van der Waals surface area contributed by atoms with Crippen LogP contribution < -0.4 is 10.1 Å². The Bertz CT molecular complexity index is 905. The van der Waals surface area contributed by atoms with Crippen LogP contribution in [0.4, 0.5) is 4.39 Å². The number of benzene rings is 3. The number of nitrogens with one attached hydrogen (secondary N) is 1. The largest absolute Gasteiger partial charge is 0.480 e. The first-order valence-corrected chi connectivity index (χ1v) is 7.90. The minimum absolute atomic E-state index is 0.153. The van der Waals surface area contributed by atoms with Crippen molar-refractivity contribution < 1.29 is 13.9 Å². The number of rotatable bonds is 3. The van der Waals surface area contributed by atoms with Crippen LogP contribution >= 0.6 is 0 Å². The number of carbonyl (C=O) groups excluding carboxylic acids is 1. The van der Waals surface area contributed by atoms with E-state index < -0.39 is 6.10 Å². The first-order chi connectivity index (χ1) is 11.7. The van der Waals surface area contributed by atoms with E-state index in [9.17, 15) is 9.18 Å². The van der Waals surface area contributed by atoms with E-state index >= 15 is 0 Å². The molecule has 0 bridgehead atoms. The van der Waals surface area contributed by atoms with E-state index in [1.807, 2.05) is 24.3 Å². The fourth-order valence-electron chi connectivity index (χ4n) is 3.07. The van der Waals surface area contributed by atoms with Crippen molar-refractivity contribution in [3.63, 3.8) is 0 Å². The SMILES string of the molecule is O=C(NCc1ccc(F)cc1)C1Cc2c(ccc3ccccc23)O1. The van der Waals surface area contributed by atoms with Gasteiger partial charge in [0.25, 0.3) is 5.91 Å². The van der Waals surface area contributed by atoms with E-state index in [1.165, 1.54) is 12.1 Å². The lowest BCUT2D eigenvalue weighted by Gasteiger charge is -2.11. The van der Waals surface area contributed by atoms with Gasteiger partial charge >= 0.3 is 0 Å². The van der Waals surface area contributed by atoms with Crippen LogP contribution in [-0.4, -0.2) is 12.0 Å². The second-order valence-corrected chi connectivity index (χ2v) is 5.92. The van der Waals surface area contributed by atoms with E-state index in [0.29, 0.717) is 13.0 Å². The Kier molecular flexibility index (Phi) is 3.65. The van der Waals surface area contributed by atoms with Crippen LogP contribution in [0.15, 0.2) is 60.7 Å². The molecule has 0 radical (unpaired) electrons. The molecule has 1 aliphatic rings. The highest BCUT2D eigenvalue weighted by atomic mass is 19.1. The maximum Gasteiger partial charge on any atom is 0.261 e. The summed E-state index contributed by atoms with van der Waals surface area (Å²) in [5.74, 6) is 0.335. The summed E-state index contributed by atoms with van der Waals surface area (Å²) in [4.78, 5) is 12.4. The van der Waals surface area contributed by atoms with Crippen molar-refractivity contribution in [1.29, 1.82) is 0 Å². The summed E-state index contributed by atoms with van der Waals surface area (Å²) in [5, 5.41) is 5.13. The molecule has 0 aliphatic carbocycles. The predicted octanol–water partition coefficient (Wildman–Crippen LogP) is 3.60. The van der Waals surface area contributed by atoms with Gasteiger partial charge in [-0.2, -0.15) is 0 Å². The normalized spacial score (nSPS) is 15.8. The van der Waals surface area contributed by atoms with E-state index in [4.69, 9.17) is 4.74 Å². The zero-order chi connectivity index (χ0) is 16.5. The summed E-state index contributed by atoms with van der Waals surface area (Å²) in [5.41, 5.74) is 1.93. The molecule has 0 fully saturated rings. The summed E-state index contributed by atoms with van der Waals surface area (Å²) in [6.07, 6.45) is 0.0395. The highest BCUT2D eigenvalue weighted by Crippen LogP contribution is 2.35. The third-order valence-electron chi connectivity index (χ3n) is 4.33. The predicted molar refractivity (Wildman–Crippen MR) is 90.3 cm³/mol. The fraction of sp³-hybridized carbons (Fsp3) is 0.150. The van der Waals surface area contributed by atoms with Gasteiger partial charge in [0.15, 0.2) is 6.10 Å². The molecule has 1 N–H and O–H groups in total. The van der Waals surface area contributed by atoms with E-state index in [1.54, 1.807) is 12.1 Å². The molecule has 3 aromatic rings. The number of hydrogen-bond donors (Lipinski definition) is 1. The lowest BCUT2D eigenvalue weighted by molar-refractivity contribution is -0.127. The Morgan fingerprint density at radius 1 is 1.08 bits per heavy atom. The number of halogens is 1. The molecular weight excluding hydrogens is 305 g/mol. The van der Waals surface area contributed by atoms with Crippen molar-refractivity contribution in [2.24, 2.45) is 0 Å². The summed E-state index contributed by atoms with van der Waals surface area (Å²) in [6.45, 7) is 0.357. The molecule has 3 nitrogen and oxygen atoms in total. The van der Waals surface area contributed by atoms with Gasteiger partial charge in [0.2, 0.25) is 0 Å². The van der Waals surface area contributed by atoms with Gasteiger partial charge in [-0.15, -0.1) is 0 Å². The maximum absolute atomic E-state index is 12.9. The summed E-state index contributed by atoms with van der Waals surface area (Å²) >= 11 is 0. The van der Waals surface area contributed by atoms with Gasteiger partial charge < -0.3 is 10.1 Å². The van der Waals surface area contributed by atoms with Gasteiger partial charge in [0.1, 0.15) is 11.6 Å². The van der Waals surface area contributed by atoms with E-state index in [2.05, 4.69) is 17.4 Å². The van der Waals surface area contributed by atoms with Crippen molar-refractivity contribution in [2.45, 2.75) is 19.1 Å². The van der Waals surface area contributed by atoms with Crippen molar-refractivity contribution in [3.05, 3.63) is 77.6 Å². The van der Waals surface area contributed by atoms with Crippen LogP contribution in [0, 0.1) is 5.82 Å². The summed E-state index contributed by atoms with van der Waals surface area (Å²) in [7, 11) is 0. The van der Waals surface area contributed by atoms with Crippen molar-refractivity contribution in [3.8, 4) is 5.75 Å². The average Bonchev–Trinajstić information content (AvgIpc) is 3.06. The molecule has 0 spiro atoms. The standard InChI is InChI=1S/C20H16FNO2/c21-15-8-5-13(6-9-15)12-22-20(23)19-11-17-16-4-2-1-3-14(16)7-10-18(17)24-19/h1-10,19H,11-12H2,(H,22,23). The summed E-state index contributed by atoms with van der Waals surface area (Å²) in [6, 6.07) is 18.1. The lowest BCUT2D eigenvalue weighted by atomic mass is 10.0. The third kappa shape index (κ3) is 2.71. The van der Waals surface area contributed by atoms with Crippen molar-refractivity contribution >= 4 is 16.7 Å². The van der Waals surface area contributed by atoms with Gasteiger partial charge in [-0.3, -0.25) is 4.79 Å². The minimum atomic E-state index is -0.522. The highest BCUT2D eigenvalue weighted by Gasteiger charge is 2.30. The molecule has 1 atom stereocenters. The van der Waals surface area contributed by atoms with Gasteiger partial charge in [-0.05, 0) is 34.5 Å². The zero-order valence-corrected chi connectivity index (χ0v) is 13.0. The number of ether oxygens (including phenoxy) is 1. The van der Waals surface area contributed by atoms with Crippen LogP contribution in [-0.2, 0) is 17.8 Å². The van der Waals surface area contributed by atoms with Gasteiger partial charge in [-0.1, -0.05) is 42.5 Å². The molecule has 120 valence electrons. The number of hydrogen-bond acceptors (Lipinski definition) is 2. The molecule has 24 heavy (non-hydrogen) atoms. The molecule has 4 rings (SSSR count). The number of amides is 1. The molecule has 0 saturated heterocycles. The monoisotopic (exact) mass is 321 g/mol. The minimum Gasteiger partial charge on any atom is -0.480 e. The molecule has 1 amide bonds. The molecule has 1 aliphatic heterocycles. The molecule has 0 saturated carbocycles. The molecule has 3 aromatic carbocycles. The smallest absolute Gasteiger partial charge is 0.261 e. The molecule has 4 heteroatoms. The Labute approximate surface area is 139 Å². The second-order valence-electron chi connectivity index (χ2n) is 5.92. The zero-order valence-electron chi connectivity index (χ0n) is 13.0. The third-order valence-corrected chi connectivity index (χ3v) is 4.33. The second kappa shape index (κ2) is 5.96. The van der Waals surface area contributed by atoms with Crippen LogP contribution in [0.5, 0.6) is 5.75 Å². The van der Waals surface area contributed by atoms with Gasteiger partial charge in [-0.25, -0.2) is 4.39 Å². The average molecular weight is 321 g/mol. The Balaban J connectivity index is 1.47. The van der Waals surface area contributed by atoms with Gasteiger partial charge in [0.05, 0.1) is 0 Å². The molecular formula is C20H16FNO2. The number of fused-ring (bicyclic) bond motifs is 3. The quantitative estimate of drug-likeness (QED) is 0.800. The van der Waals surface area contributed by atoms with Crippen LogP contribution in [0.2, 0.25) is 0 Å². The van der Waals surface area contributed by atoms with Crippen molar-refractivity contribution in [1.82, 2.24) is 5.32 Å². The van der Waals surface area contributed by atoms with Crippen LogP contribution in [0.1, 0.15) is 11.1 Å². The summed E-state index contributed by atoms with van der Waals surface area (Å²) < 4.78 is 18.7. The number of carbonyl (C=O) groups is 1. The van der Waals surface area contributed by atoms with Gasteiger partial charge in [0, 0.05) is 18.5 Å². The Hall–Kier alpha value is -2.88. The topological polar surface area (TPSA) is 38.3 Å². The van der Waals surface area contributed by atoms with Crippen molar-refractivity contribution in [2.75, 3.05) is 0 Å². The van der Waals surface area contributed by atoms with Crippen LogP contribution in [0.25, 0.3) is 10.8 Å². The fourth-order valence-corrected chi connectivity index (χ4v) is 3.07. The van der Waals surface area contributed by atoms with E-state index in [-0.39, 0.29) is 11.7 Å². The first-order valence-electron chi connectivity index (χ1n) is 7.90.